The van der Waals surface area contributed by atoms with Crippen LogP contribution in [0.3, 0.4) is 0 Å². The van der Waals surface area contributed by atoms with Crippen molar-refractivity contribution in [3.63, 3.8) is 0 Å². The summed E-state index contributed by atoms with van der Waals surface area (Å²) in [7, 11) is 0. The van der Waals surface area contributed by atoms with Crippen LogP contribution in [0.25, 0.3) is 11.1 Å². The van der Waals surface area contributed by atoms with Crippen molar-refractivity contribution in [2.45, 2.75) is 82.8 Å². The predicted octanol–water partition coefficient (Wildman–Crippen LogP) is 10.00. The number of allylic oxidation sites excluding steroid dienone is 21. The van der Waals surface area contributed by atoms with Crippen LogP contribution in [0.5, 0.6) is 0 Å². The number of benzene rings is 1. The van der Waals surface area contributed by atoms with Crippen LogP contribution in [0.15, 0.2) is 166 Å². The molecule has 4 heteroatoms. The summed E-state index contributed by atoms with van der Waals surface area (Å²) in [5.74, 6) is 1.56. The standard InChI is InChI=1S/C50H50IN3/c51-54-43-23-10-12-31-53(43)49(50(54)42-22-9-11-30-52-42)35-26-24-32(25-27-35)36-28-29-41-46-37(36)20-13-21-40(46)47-44(33-14-3-1-4-15-33)38-18-7-8-19-39(38)45(48(41)47)34-16-5-2-6-17-34/h1-3,5,7-8,12-14,16,18-21,24,26,28-29,31,37,42-43,46-48,52H,4,6,9-11,15,17,22-23,25,27,30H2. The van der Waals surface area contributed by atoms with Crippen molar-refractivity contribution in [3.8, 4) is 0 Å². The first-order valence-electron chi connectivity index (χ1n) is 20.9. The lowest BCUT2D eigenvalue weighted by Gasteiger charge is -2.35. The zero-order chi connectivity index (χ0) is 35.8. The number of hydrogen-bond acceptors (Lipinski definition) is 3. The van der Waals surface area contributed by atoms with Crippen LogP contribution in [-0.2, 0) is 0 Å². The van der Waals surface area contributed by atoms with Crippen molar-refractivity contribution < 1.29 is 0 Å². The number of halogens is 1. The highest BCUT2D eigenvalue weighted by molar-refractivity contribution is 14.1. The van der Waals surface area contributed by atoms with Gasteiger partial charge in [0.1, 0.15) is 6.17 Å². The topological polar surface area (TPSA) is 18.5 Å². The van der Waals surface area contributed by atoms with E-state index < -0.39 is 0 Å². The zero-order valence-corrected chi connectivity index (χ0v) is 33.3. The van der Waals surface area contributed by atoms with E-state index in [1.54, 1.807) is 39.0 Å². The van der Waals surface area contributed by atoms with E-state index in [4.69, 9.17) is 0 Å². The molecule has 54 heavy (non-hydrogen) atoms. The average Bonchev–Trinajstić information content (AvgIpc) is 3.73. The first kappa shape index (κ1) is 33.5. The Hall–Kier alpha value is -3.87. The van der Waals surface area contributed by atoms with Gasteiger partial charge in [0.2, 0.25) is 0 Å². The van der Waals surface area contributed by atoms with Gasteiger partial charge in [0, 0.05) is 29.9 Å². The van der Waals surface area contributed by atoms with Crippen molar-refractivity contribution >= 4 is 34.0 Å². The molecular formula is C50H50IN3. The summed E-state index contributed by atoms with van der Waals surface area (Å²) in [6.07, 6.45) is 49.9. The van der Waals surface area contributed by atoms with Gasteiger partial charge < -0.3 is 10.2 Å². The Bertz CT molecular complexity index is 2320. The Kier molecular flexibility index (Phi) is 8.49. The van der Waals surface area contributed by atoms with E-state index in [9.17, 15) is 0 Å². The molecule has 2 fully saturated rings. The summed E-state index contributed by atoms with van der Waals surface area (Å²) in [5.41, 5.74) is 17.2. The molecule has 3 nitrogen and oxygen atoms in total. The van der Waals surface area contributed by atoms with Gasteiger partial charge in [-0.05, 0) is 120 Å². The maximum atomic E-state index is 3.91. The molecule has 1 aromatic rings. The fourth-order valence-electron chi connectivity index (χ4n) is 11.8. The molecule has 0 spiro atoms. The summed E-state index contributed by atoms with van der Waals surface area (Å²) in [6.45, 7) is 1.13. The fourth-order valence-corrected chi connectivity index (χ4v) is 12.9. The highest BCUT2D eigenvalue weighted by Crippen LogP contribution is 2.62. The number of nitrogens with one attached hydrogen (secondary N) is 1. The zero-order valence-electron chi connectivity index (χ0n) is 31.2. The van der Waals surface area contributed by atoms with Crippen LogP contribution in [0.2, 0.25) is 0 Å². The van der Waals surface area contributed by atoms with Crippen LogP contribution >= 0.6 is 22.9 Å². The number of rotatable bonds is 5. The van der Waals surface area contributed by atoms with Gasteiger partial charge in [-0.15, -0.1) is 0 Å². The van der Waals surface area contributed by atoms with E-state index in [1.807, 2.05) is 0 Å². The molecule has 6 atom stereocenters. The van der Waals surface area contributed by atoms with Crippen LogP contribution in [0.4, 0.5) is 0 Å². The van der Waals surface area contributed by atoms with Gasteiger partial charge in [0.25, 0.3) is 0 Å². The second kappa shape index (κ2) is 13.7. The Morgan fingerprint density at radius 1 is 0.630 bits per heavy atom. The number of nitrogens with zero attached hydrogens (tertiary/aromatic N) is 2. The van der Waals surface area contributed by atoms with Crippen molar-refractivity contribution in [3.05, 3.63) is 176 Å². The lowest BCUT2D eigenvalue weighted by molar-refractivity contribution is 0.252. The van der Waals surface area contributed by atoms with E-state index in [1.165, 1.54) is 58.7 Å². The van der Waals surface area contributed by atoms with Crippen LogP contribution < -0.4 is 15.8 Å². The molecule has 1 aromatic carbocycles. The van der Waals surface area contributed by atoms with E-state index in [0.717, 1.165) is 51.5 Å². The molecule has 11 rings (SSSR count). The van der Waals surface area contributed by atoms with E-state index >= 15 is 0 Å². The minimum absolute atomic E-state index is 0.380. The maximum Gasteiger partial charge on any atom is 0.115 e. The Morgan fingerprint density at radius 3 is 2.02 bits per heavy atom. The highest BCUT2D eigenvalue weighted by Gasteiger charge is 2.52. The molecule has 7 aliphatic carbocycles. The van der Waals surface area contributed by atoms with E-state index in [2.05, 4.69) is 152 Å². The normalized spacial score (nSPS) is 32.2. The lowest BCUT2D eigenvalue weighted by Crippen LogP contribution is -2.40. The van der Waals surface area contributed by atoms with Gasteiger partial charge >= 0.3 is 0 Å². The van der Waals surface area contributed by atoms with E-state index in [0.29, 0.717) is 35.9 Å². The van der Waals surface area contributed by atoms with E-state index in [-0.39, 0.29) is 0 Å². The van der Waals surface area contributed by atoms with Gasteiger partial charge in [0.05, 0.1) is 40.3 Å². The molecule has 0 amide bonds. The molecule has 3 aliphatic heterocycles. The van der Waals surface area contributed by atoms with Gasteiger partial charge in [-0.1, -0.05) is 127 Å². The van der Waals surface area contributed by atoms with Gasteiger partial charge in [0.15, 0.2) is 0 Å². The molecule has 1 saturated carbocycles. The molecule has 6 unspecified atom stereocenters. The summed E-state index contributed by atoms with van der Waals surface area (Å²) < 4.78 is 2.59. The third-order valence-electron chi connectivity index (χ3n) is 14.0. The Balaban J connectivity index is 1.01. The molecule has 0 radical (unpaired) electrons. The molecule has 1 saturated heterocycles. The number of hydrogen-bond donors (Lipinski definition) is 1. The summed E-state index contributed by atoms with van der Waals surface area (Å²) >= 11 is 2.63. The number of piperidine rings is 1. The monoisotopic (exact) mass is 819 g/mol. The molecule has 0 bridgehead atoms. The Morgan fingerprint density at radius 2 is 1.35 bits per heavy atom. The smallest absolute Gasteiger partial charge is 0.115 e. The fraction of sp³-hybridized carbons (Fsp3) is 0.360. The summed E-state index contributed by atoms with van der Waals surface area (Å²) in [6, 6.07) is 9.86. The molecule has 272 valence electrons. The molecule has 10 aliphatic rings. The molecule has 1 N–H and O–H groups in total. The summed E-state index contributed by atoms with van der Waals surface area (Å²) in [5, 5.41) is 6.85. The summed E-state index contributed by atoms with van der Waals surface area (Å²) in [4.78, 5) is 2.61. The van der Waals surface area contributed by atoms with Crippen molar-refractivity contribution in [2.24, 2.45) is 23.7 Å². The van der Waals surface area contributed by atoms with Crippen LogP contribution in [0.1, 0.15) is 70.6 Å². The minimum Gasteiger partial charge on any atom is -0.325 e. The maximum absolute atomic E-state index is 3.91. The Labute approximate surface area is 334 Å². The third kappa shape index (κ3) is 5.22. The molecular weight excluding hydrogens is 769 g/mol. The second-order valence-corrected chi connectivity index (χ2v) is 17.8. The van der Waals surface area contributed by atoms with Gasteiger partial charge in [-0.3, -0.25) is 3.11 Å². The van der Waals surface area contributed by atoms with Gasteiger partial charge in [-0.2, -0.15) is 0 Å². The van der Waals surface area contributed by atoms with Crippen LogP contribution in [0, 0.1) is 23.7 Å². The molecule has 3 heterocycles. The second-order valence-electron chi connectivity index (χ2n) is 16.8. The SMILES string of the molecule is IN1C(C2CCCCN2)=C(C2=CC=C(C3=CC=C4C5C(=CC=CC35)C3C(C5=CC=CCC5)=c5ccccc5=C(C5=CC=CCC5)C43)CC2)N2C=CCCC12. The highest BCUT2D eigenvalue weighted by atomic mass is 127. The van der Waals surface area contributed by atoms with Crippen molar-refractivity contribution in [1.29, 1.82) is 0 Å². The van der Waals surface area contributed by atoms with Gasteiger partial charge in [-0.25, -0.2) is 0 Å². The van der Waals surface area contributed by atoms with Crippen molar-refractivity contribution in [1.82, 2.24) is 13.3 Å². The first-order valence-corrected chi connectivity index (χ1v) is 21.9. The third-order valence-corrected chi connectivity index (χ3v) is 15.2. The lowest BCUT2D eigenvalue weighted by atomic mass is 9.69. The molecule has 0 aromatic heterocycles. The quantitative estimate of drug-likeness (QED) is 0.236. The minimum atomic E-state index is 0.380. The van der Waals surface area contributed by atoms with Crippen molar-refractivity contribution in [2.75, 3.05) is 6.54 Å². The predicted molar refractivity (Wildman–Crippen MR) is 231 cm³/mol. The van der Waals surface area contributed by atoms with Crippen LogP contribution in [-0.4, -0.2) is 26.8 Å². The number of fused-ring (bicyclic) bond motifs is 5. The largest absolute Gasteiger partial charge is 0.325 e. The first-order chi connectivity index (χ1) is 26.8. The average molecular weight is 820 g/mol.